The number of carboxylic acid groups (broad SMARTS) is 1. The minimum Gasteiger partial charge on any atom is -0.481 e. The summed E-state index contributed by atoms with van der Waals surface area (Å²) in [4.78, 5) is 11.1. The molecule has 5 nitrogen and oxygen atoms in total. The van der Waals surface area contributed by atoms with Crippen molar-refractivity contribution < 1.29 is 18.3 Å². The quantitative estimate of drug-likeness (QED) is 0.859. The molecule has 1 atom stereocenters. The molecule has 0 spiro atoms. The van der Waals surface area contributed by atoms with Gasteiger partial charge < -0.3 is 5.11 Å². The second-order valence-corrected chi connectivity index (χ2v) is 8.27. The van der Waals surface area contributed by atoms with E-state index in [1.807, 2.05) is 13.8 Å². The van der Waals surface area contributed by atoms with E-state index in [1.165, 1.54) is 6.07 Å². The topological polar surface area (TPSA) is 83.5 Å². The maximum absolute atomic E-state index is 12.0. The molecule has 1 unspecified atom stereocenters. The van der Waals surface area contributed by atoms with E-state index in [0.29, 0.717) is 4.88 Å². The van der Waals surface area contributed by atoms with Crippen LogP contribution in [0.25, 0.3) is 0 Å². The lowest BCUT2D eigenvalue weighted by Crippen LogP contribution is -2.27. The molecule has 0 bridgehead atoms. The van der Waals surface area contributed by atoms with Gasteiger partial charge in [-0.2, -0.15) is 0 Å². The van der Waals surface area contributed by atoms with Crippen LogP contribution in [-0.4, -0.2) is 25.5 Å². The van der Waals surface area contributed by atoms with Crippen LogP contribution in [0.15, 0.2) is 16.3 Å². The number of rotatable bonds is 5. The zero-order valence-corrected chi connectivity index (χ0v) is 11.8. The molecular weight excluding hydrogens is 274 g/mol. The Balaban J connectivity index is 2.10. The lowest BCUT2D eigenvalue weighted by Gasteiger charge is -2.05. The summed E-state index contributed by atoms with van der Waals surface area (Å²) in [7, 11) is -3.51. The first-order chi connectivity index (χ1) is 8.21. The van der Waals surface area contributed by atoms with E-state index in [1.54, 1.807) is 6.07 Å². The second-order valence-electron chi connectivity index (χ2n) is 5.16. The van der Waals surface area contributed by atoms with Gasteiger partial charge in [-0.05, 0) is 24.0 Å². The predicted molar refractivity (Wildman–Crippen MR) is 68.2 cm³/mol. The number of thiophene rings is 1. The van der Waals surface area contributed by atoms with Gasteiger partial charge in [0.25, 0.3) is 0 Å². The molecule has 1 aromatic heterocycles. The smallest absolute Gasteiger partial charge is 0.308 e. The van der Waals surface area contributed by atoms with Gasteiger partial charge in [-0.1, -0.05) is 13.8 Å². The normalized spacial score (nSPS) is 21.8. The second kappa shape index (κ2) is 4.32. The van der Waals surface area contributed by atoms with Crippen LogP contribution >= 0.6 is 11.3 Å². The highest BCUT2D eigenvalue weighted by Gasteiger charge is 2.48. The van der Waals surface area contributed by atoms with Crippen molar-refractivity contribution in [2.45, 2.75) is 36.9 Å². The van der Waals surface area contributed by atoms with E-state index < -0.39 is 16.0 Å². The van der Waals surface area contributed by atoms with Gasteiger partial charge in [-0.3, -0.25) is 4.79 Å². The Morgan fingerprint density at radius 3 is 2.67 bits per heavy atom. The van der Waals surface area contributed by atoms with Gasteiger partial charge in [0.15, 0.2) is 0 Å². The van der Waals surface area contributed by atoms with Gasteiger partial charge in [0, 0.05) is 10.9 Å². The number of aliphatic carboxylic acids is 1. The lowest BCUT2D eigenvalue weighted by molar-refractivity contribution is -0.136. The molecule has 2 rings (SSSR count). The molecule has 1 aromatic rings. The molecule has 1 fully saturated rings. The molecule has 2 N–H and O–H groups in total. The lowest BCUT2D eigenvalue weighted by atomic mass is 10.2. The number of nitrogens with one attached hydrogen (secondary N) is 1. The fourth-order valence-corrected chi connectivity index (χ4v) is 4.43. The number of hydrogen-bond acceptors (Lipinski definition) is 4. The van der Waals surface area contributed by atoms with Gasteiger partial charge in [-0.15, -0.1) is 11.3 Å². The zero-order chi connectivity index (χ0) is 13.6. The fraction of sp³-hybridized carbons (Fsp3) is 0.545. The van der Waals surface area contributed by atoms with E-state index in [0.717, 1.165) is 17.8 Å². The van der Waals surface area contributed by atoms with E-state index in [4.69, 9.17) is 5.11 Å². The number of sulfonamides is 1. The molecule has 1 saturated carbocycles. The monoisotopic (exact) mass is 289 g/mol. The van der Waals surface area contributed by atoms with E-state index >= 15 is 0 Å². The summed E-state index contributed by atoms with van der Waals surface area (Å²) in [6.07, 6.45) is 0.689. The average Bonchev–Trinajstić information content (AvgIpc) is 2.62. The SMILES string of the molecule is CC1(C)CC1NS(=O)(=O)c1ccc(CC(=O)O)s1. The largest absolute Gasteiger partial charge is 0.481 e. The maximum atomic E-state index is 12.0. The van der Waals surface area contributed by atoms with Crippen molar-refractivity contribution in [3.05, 3.63) is 17.0 Å². The van der Waals surface area contributed by atoms with Crippen molar-refractivity contribution in [3.8, 4) is 0 Å². The highest BCUT2D eigenvalue weighted by Crippen LogP contribution is 2.45. The molecular formula is C11H15NO4S2. The van der Waals surface area contributed by atoms with Crippen molar-refractivity contribution >= 4 is 27.3 Å². The van der Waals surface area contributed by atoms with Gasteiger partial charge in [-0.25, -0.2) is 13.1 Å². The Kier molecular flexibility index (Phi) is 3.25. The minimum absolute atomic E-state index is 0.0208. The van der Waals surface area contributed by atoms with E-state index in [2.05, 4.69) is 4.72 Å². The van der Waals surface area contributed by atoms with Crippen LogP contribution in [0, 0.1) is 5.41 Å². The molecule has 7 heteroatoms. The van der Waals surface area contributed by atoms with Gasteiger partial charge in [0.2, 0.25) is 10.0 Å². The van der Waals surface area contributed by atoms with Crippen molar-refractivity contribution in [2.24, 2.45) is 5.41 Å². The van der Waals surface area contributed by atoms with Crippen LogP contribution in [-0.2, 0) is 21.2 Å². The Labute approximate surface area is 110 Å². The highest BCUT2D eigenvalue weighted by atomic mass is 32.2. The Morgan fingerprint density at radius 2 is 2.17 bits per heavy atom. The molecule has 0 radical (unpaired) electrons. The molecule has 1 aliphatic rings. The number of carbonyl (C=O) groups is 1. The Bertz CT molecular complexity index is 574. The van der Waals surface area contributed by atoms with Crippen molar-refractivity contribution in [1.29, 1.82) is 0 Å². The maximum Gasteiger partial charge on any atom is 0.308 e. The first-order valence-electron chi connectivity index (χ1n) is 5.53. The van der Waals surface area contributed by atoms with Crippen LogP contribution in [0.2, 0.25) is 0 Å². The summed E-state index contributed by atoms with van der Waals surface area (Å²) < 4.78 is 26.9. The standard InChI is InChI=1S/C11H15NO4S2/c1-11(2)6-8(11)12-18(15,16)10-4-3-7(17-10)5-9(13)14/h3-4,8,12H,5-6H2,1-2H3,(H,13,14). The number of hydrogen-bond donors (Lipinski definition) is 2. The first-order valence-corrected chi connectivity index (χ1v) is 7.83. The third kappa shape index (κ3) is 2.90. The Morgan fingerprint density at radius 1 is 1.56 bits per heavy atom. The van der Waals surface area contributed by atoms with Crippen molar-refractivity contribution in [3.63, 3.8) is 0 Å². The van der Waals surface area contributed by atoms with E-state index in [-0.39, 0.29) is 22.1 Å². The summed E-state index contributed by atoms with van der Waals surface area (Å²) >= 11 is 1.01. The summed E-state index contributed by atoms with van der Waals surface area (Å²) in [5.74, 6) is -0.961. The molecule has 0 saturated heterocycles. The predicted octanol–water partition coefficient (Wildman–Crippen LogP) is 1.45. The molecule has 1 heterocycles. The van der Waals surface area contributed by atoms with Gasteiger partial charge in [0.1, 0.15) is 4.21 Å². The van der Waals surface area contributed by atoms with E-state index in [9.17, 15) is 13.2 Å². The fourth-order valence-electron chi connectivity index (χ4n) is 1.66. The molecule has 0 amide bonds. The van der Waals surface area contributed by atoms with Crippen molar-refractivity contribution in [2.75, 3.05) is 0 Å². The summed E-state index contributed by atoms with van der Waals surface area (Å²) in [6.45, 7) is 4.01. The van der Waals surface area contributed by atoms with Crippen LogP contribution in [0.1, 0.15) is 25.1 Å². The first kappa shape index (κ1) is 13.5. The summed E-state index contributed by atoms with van der Waals surface area (Å²) in [5.41, 5.74) is 0.0220. The molecule has 0 aliphatic heterocycles. The van der Waals surface area contributed by atoms with Crippen molar-refractivity contribution in [1.82, 2.24) is 4.72 Å². The van der Waals surface area contributed by atoms with Crippen LogP contribution < -0.4 is 4.72 Å². The zero-order valence-electron chi connectivity index (χ0n) is 10.1. The molecule has 0 aromatic carbocycles. The van der Waals surface area contributed by atoms with Crippen LogP contribution in [0.3, 0.4) is 0 Å². The third-order valence-corrected chi connectivity index (χ3v) is 6.09. The molecule has 18 heavy (non-hydrogen) atoms. The summed E-state index contributed by atoms with van der Waals surface area (Å²) in [6, 6.07) is 2.99. The summed E-state index contributed by atoms with van der Waals surface area (Å²) in [5, 5.41) is 8.64. The van der Waals surface area contributed by atoms with Gasteiger partial charge in [0.05, 0.1) is 6.42 Å². The minimum atomic E-state index is -3.51. The molecule has 1 aliphatic carbocycles. The molecule has 100 valence electrons. The highest BCUT2D eigenvalue weighted by molar-refractivity contribution is 7.91. The average molecular weight is 289 g/mol. The van der Waals surface area contributed by atoms with Crippen LogP contribution in [0.5, 0.6) is 0 Å². The number of carboxylic acids is 1. The van der Waals surface area contributed by atoms with Crippen LogP contribution in [0.4, 0.5) is 0 Å². The Hall–Kier alpha value is -0.920. The third-order valence-electron chi connectivity index (χ3n) is 3.04. The van der Waals surface area contributed by atoms with Gasteiger partial charge >= 0.3 is 5.97 Å².